The molecule has 0 saturated heterocycles. The summed E-state index contributed by atoms with van der Waals surface area (Å²) >= 11 is 2.88. The number of nitrogens with zero attached hydrogens (tertiary/aromatic N) is 1. The Hall–Kier alpha value is -1.15. The van der Waals surface area contributed by atoms with Crippen LogP contribution < -0.4 is 0 Å². The first-order valence-corrected chi connectivity index (χ1v) is 7.55. The van der Waals surface area contributed by atoms with E-state index in [0.717, 1.165) is 0 Å². The summed E-state index contributed by atoms with van der Waals surface area (Å²) in [5.41, 5.74) is -3.70. The zero-order valence-corrected chi connectivity index (χ0v) is 13.5. The fraction of sp³-hybridized carbons (Fsp3) is 0.308. The molecule has 2 rings (SSSR count). The van der Waals surface area contributed by atoms with Gasteiger partial charge in [0.15, 0.2) is 0 Å². The van der Waals surface area contributed by atoms with Crippen molar-refractivity contribution in [3.8, 4) is 0 Å². The Morgan fingerprint density at radius 1 is 1.33 bits per heavy atom. The van der Waals surface area contributed by atoms with Gasteiger partial charge in [0.1, 0.15) is 0 Å². The minimum absolute atomic E-state index is 0.0245. The zero-order valence-electron chi connectivity index (χ0n) is 11.1. The number of ketones is 1. The third-order valence-electron chi connectivity index (χ3n) is 2.64. The number of hydrogen-bond donors (Lipinski definition) is 0. The lowest BCUT2D eigenvalue weighted by Crippen LogP contribution is -2.13. The smallest absolute Gasteiger partial charge is 0.446 e. The second-order valence-corrected chi connectivity index (χ2v) is 6.42. The van der Waals surface area contributed by atoms with Crippen LogP contribution in [0.3, 0.4) is 0 Å². The predicted molar refractivity (Wildman–Crippen MR) is 77.8 cm³/mol. The normalized spacial score (nSPS) is 19.0. The van der Waals surface area contributed by atoms with Gasteiger partial charge in [-0.3, -0.25) is 4.79 Å². The zero-order chi connectivity index (χ0) is 15.8. The summed E-state index contributed by atoms with van der Waals surface area (Å²) in [4.78, 5) is 13.8. The van der Waals surface area contributed by atoms with Gasteiger partial charge in [-0.1, -0.05) is 12.1 Å². The SMILES string of the molecule is CN(C)C1=C(c2cccc(SC(F)(F)F)c2)C(=O)C(Br)O1. The van der Waals surface area contributed by atoms with E-state index in [4.69, 9.17) is 4.74 Å². The quantitative estimate of drug-likeness (QED) is 0.587. The number of carbonyl (C=O) groups is 1. The highest BCUT2D eigenvalue weighted by Crippen LogP contribution is 2.39. The first-order valence-electron chi connectivity index (χ1n) is 5.82. The summed E-state index contributed by atoms with van der Waals surface area (Å²) in [6.07, 6.45) is 0. The molecule has 1 aromatic carbocycles. The van der Waals surface area contributed by atoms with Crippen LogP contribution in [0.4, 0.5) is 13.2 Å². The van der Waals surface area contributed by atoms with Crippen molar-refractivity contribution >= 4 is 39.0 Å². The van der Waals surface area contributed by atoms with Crippen LogP contribution >= 0.6 is 27.7 Å². The summed E-state index contributed by atoms with van der Waals surface area (Å²) < 4.78 is 42.7. The van der Waals surface area contributed by atoms with Crippen molar-refractivity contribution in [2.75, 3.05) is 14.1 Å². The fourth-order valence-electron chi connectivity index (χ4n) is 1.87. The molecule has 0 radical (unpaired) electrons. The number of carbonyl (C=O) groups excluding carboxylic acids is 1. The van der Waals surface area contributed by atoms with Crippen LogP contribution in [0.5, 0.6) is 0 Å². The first kappa shape index (κ1) is 16.2. The maximum atomic E-state index is 12.4. The molecule has 0 N–H and O–H groups in total. The molecule has 8 heteroatoms. The number of thioether (sulfide) groups is 1. The van der Waals surface area contributed by atoms with E-state index in [9.17, 15) is 18.0 Å². The molecule has 0 bridgehead atoms. The van der Waals surface area contributed by atoms with Crippen LogP contribution in [-0.2, 0) is 9.53 Å². The number of benzene rings is 1. The maximum Gasteiger partial charge on any atom is 0.446 e. The van der Waals surface area contributed by atoms with Gasteiger partial charge in [-0.25, -0.2) is 0 Å². The second-order valence-electron chi connectivity index (χ2n) is 4.45. The number of ether oxygens (including phenoxy) is 1. The number of alkyl halides is 4. The highest BCUT2D eigenvalue weighted by Gasteiger charge is 2.36. The van der Waals surface area contributed by atoms with Crippen molar-refractivity contribution in [2.24, 2.45) is 0 Å². The second kappa shape index (κ2) is 5.92. The Morgan fingerprint density at radius 2 is 2.00 bits per heavy atom. The van der Waals surface area contributed by atoms with Crippen LogP contribution in [0, 0.1) is 0 Å². The molecule has 114 valence electrons. The summed E-state index contributed by atoms with van der Waals surface area (Å²) in [6.45, 7) is 0. The van der Waals surface area contributed by atoms with Gasteiger partial charge in [0.25, 0.3) is 0 Å². The summed E-state index contributed by atoms with van der Waals surface area (Å²) in [6, 6.07) is 5.76. The molecule has 0 spiro atoms. The van der Waals surface area contributed by atoms with E-state index in [1.165, 1.54) is 18.2 Å². The molecule has 1 aromatic rings. The van der Waals surface area contributed by atoms with Crippen LogP contribution in [0.25, 0.3) is 5.57 Å². The van der Waals surface area contributed by atoms with Gasteiger partial charge in [0, 0.05) is 19.0 Å². The molecule has 1 atom stereocenters. The molecular formula is C13H11BrF3NO2S. The Bertz CT molecular complexity index is 601. The van der Waals surface area contributed by atoms with Gasteiger partial charge >= 0.3 is 5.51 Å². The van der Waals surface area contributed by atoms with Crippen LogP contribution in [0.1, 0.15) is 5.56 Å². The third kappa shape index (κ3) is 3.74. The molecule has 0 aliphatic carbocycles. The Labute approximate surface area is 132 Å². The van der Waals surface area contributed by atoms with E-state index in [-0.39, 0.29) is 28.0 Å². The van der Waals surface area contributed by atoms with Crippen LogP contribution in [0.2, 0.25) is 0 Å². The third-order valence-corrected chi connectivity index (χ3v) is 3.97. The van der Waals surface area contributed by atoms with Crippen molar-refractivity contribution in [2.45, 2.75) is 15.4 Å². The number of rotatable bonds is 3. The van der Waals surface area contributed by atoms with Crippen molar-refractivity contribution in [1.82, 2.24) is 4.90 Å². The average molecular weight is 382 g/mol. The molecule has 21 heavy (non-hydrogen) atoms. The van der Waals surface area contributed by atoms with Gasteiger partial charge in [-0.05, 0) is 45.4 Å². The van der Waals surface area contributed by atoms with Gasteiger partial charge < -0.3 is 9.64 Å². The van der Waals surface area contributed by atoms with Crippen molar-refractivity contribution in [3.63, 3.8) is 0 Å². The molecular weight excluding hydrogens is 371 g/mol. The van der Waals surface area contributed by atoms with E-state index in [1.807, 2.05) is 0 Å². The van der Waals surface area contributed by atoms with Crippen molar-refractivity contribution in [1.29, 1.82) is 0 Å². The molecule has 1 unspecified atom stereocenters. The van der Waals surface area contributed by atoms with E-state index in [1.54, 1.807) is 25.1 Å². The molecule has 1 aliphatic rings. The minimum Gasteiger partial charge on any atom is -0.455 e. The monoisotopic (exact) mass is 381 g/mol. The predicted octanol–water partition coefficient (Wildman–Crippen LogP) is 3.85. The minimum atomic E-state index is -4.37. The maximum absolute atomic E-state index is 12.4. The van der Waals surface area contributed by atoms with E-state index in [0.29, 0.717) is 11.4 Å². The topological polar surface area (TPSA) is 29.5 Å². The Morgan fingerprint density at radius 3 is 2.57 bits per heavy atom. The highest BCUT2D eigenvalue weighted by molar-refractivity contribution is 9.09. The van der Waals surface area contributed by atoms with Crippen LogP contribution in [-0.4, -0.2) is 35.3 Å². The molecule has 0 saturated carbocycles. The van der Waals surface area contributed by atoms with E-state index in [2.05, 4.69) is 15.9 Å². The van der Waals surface area contributed by atoms with E-state index < -0.39 is 10.5 Å². The number of halogens is 4. The number of Topliss-reactive ketones (excluding diaryl/α,β-unsaturated/α-hetero) is 1. The molecule has 1 heterocycles. The molecule has 3 nitrogen and oxygen atoms in total. The lowest BCUT2D eigenvalue weighted by Gasteiger charge is -2.15. The molecule has 0 aromatic heterocycles. The average Bonchev–Trinajstić information content (AvgIpc) is 2.64. The lowest BCUT2D eigenvalue weighted by molar-refractivity contribution is -0.116. The van der Waals surface area contributed by atoms with Gasteiger partial charge in [0.05, 0.1) is 5.57 Å². The molecule has 0 fully saturated rings. The Kier molecular flexibility index (Phi) is 4.57. The number of hydrogen-bond acceptors (Lipinski definition) is 4. The van der Waals surface area contributed by atoms with E-state index >= 15 is 0 Å². The van der Waals surface area contributed by atoms with Crippen molar-refractivity contribution < 1.29 is 22.7 Å². The lowest BCUT2D eigenvalue weighted by atomic mass is 10.0. The van der Waals surface area contributed by atoms with Gasteiger partial charge in [0.2, 0.25) is 16.7 Å². The largest absolute Gasteiger partial charge is 0.455 e. The highest BCUT2D eigenvalue weighted by atomic mass is 79.9. The van der Waals surface area contributed by atoms with Crippen molar-refractivity contribution in [3.05, 3.63) is 35.7 Å². The van der Waals surface area contributed by atoms with Gasteiger partial charge in [-0.2, -0.15) is 13.2 Å². The Balaban J connectivity index is 2.43. The summed E-state index contributed by atoms with van der Waals surface area (Å²) in [7, 11) is 3.39. The standard InChI is InChI=1S/C13H11BrF3NO2S/c1-18(2)12-9(10(19)11(14)20-12)7-4-3-5-8(6-7)21-13(15,16)17/h3-6,11H,1-2H3. The summed E-state index contributed by atoms with van der Waals surface area (Å²) in [5, 5.41) is -0.816. The fourth-order valence-corrected chi connectivity index (χ4v) is 2.88. The van der Waals surface area contributed by atoms with Gasteiger partial charge in [-0.15, -0.1) is 0 Å². The molecule has 0 amide bonds. The first-order chi connectivity index (χ1) is 9.69. The summed E-state index contributed by atoms with van der Waals surface area (Å²) in [5.74, 6) is 0.0175. The molecule has 1 aliphatic heterocycles. The van der Waals surface area contributed by atoms with Crippen LogP contribution in [0.15, 0.2) is 35.0 Å².